The van der Waals surface area contributed by atoms with Crippen molar-refractivity contribution >= 4 is 0 Å². The lowest BCUT2D eigenvalue weighted by Crippen LogP contribution is -1.93. The first-order valence-electron chi connectivity index (χ1n) is 8.00. The van der Waals surface area contributed by atoms with Gasteiger partial charge in [-0.05, 0) is 30.7 Å². The molecule has 0 saturated heterocycles. The fourth-order valence-electron chi connectivity index (χ4n) is 2.57. The normalized spacial score (nSPS) is 12.3. The number of benzene rings is 1. The molecule has 0 N–H and O–H groups in total. The molecule has 0 saturated carbocycles. The third kappa shape index (κ3) is 7.87. The highest BCUT2D eigenvalue weighted by molar-refractivity contribution is 5.18. The summed E-state index contributed by atoms with van der Waals surface area (Å²) < 4.78 is 0. The largest absolute Gasteiger partial charge is 0.103 e. The van der Waals surface area contributed by atoms with Crippen LogP contribution in [0, 0.1) is 0 Å². The third-order valence-corrected chi connectivity index (χ3v) is 3.91. The van der Waals surface area contributed by atoms with Crippen molar-refractivity contribution in [1.29, 1.82) is 0 Å². The van der Waals surface area contributed by atoms with Crippen LogP contribution in [0.5, 0.6) is 0 Å². The molecule has 0 aromatic heterocycles. The summed E-state index contributed by atoms with van der Waals surface area (Å²) in [6.07, 6.45) is 14.3. The molecule has 0 nitrogen and oxygen atoms in total. The zero-order valence-corrected chi connectivity index (χ0v) is 12.6. The van der Waals surface area contributed by atoms with E-state index in [1.165, 1.54) is 63.4 Å². The van der Waals surface area contributed by atoms with Crippen LogP contribution in [0.3, 0.4) is 0 Å². The molecule has 0 aliphatic carbocycles. The molecule has 0 fully saturated rings. The molecule has 0 aliphatic heterocycles. The number of unbranched alkanes of at least 4 members (excludes halogenated alkanes) is 7. The molecule has 1 unspecified atom stereocenters. The second-order valence-electron chi connectivity index (χ2n) is 5.65. The molecule has 0 bridgehead atoms. The van der Waals surface area contributed by atoms with Crippen molar-refractivity contribution in [3.05, 3.63) is 48.6 Å². The molecule has 0 spiro atoms. The molecule has 1 rings (SSSR count). The lowest BCUT2D eigenvalue weighted by Gasteiger charge is -2.11. The molecular weight excluding hydrogens is 228 g/mol. The van der Waals surface area contributed by atoms with Crippen LogP contribution in [-0.4, -0.2) is 0 Å². The Kier molecular flexibility index (Phi) is 9.14. The maximum atomic E-state index is 3.76. The van der Waals surface area contributed by atoms with Gasteiger partial charge in [0.15, 0.2) is 0 Å². The van der Waals surface area contributed by atoms with Crippen LogP contribution in [0.25, 0.3) is 0 Å². The van der Waals surface area contributed by atoms with E-state index in [9.17, 15) is 0 Å². The van der Waals surface area contributed by atoms with Crippen LogP contribution in [0.4, 0.5) is 0 Å². The van der Waals surface area contributed by atoms with E-state index in [1.807, 2.05) is 6.08 Å². The zero-order chi connectivity index (χ0) is 13.8. The molecule has 0 amide bonds. The minimum atomic E-state index is 0.716. The summed E-state index contributed by atoms with van der Waals surface area (Å²) in [5.41, 5.74) is 1.49. The summed E-state index contributed by atoms with van der Waals surface area (Å²) in [6.45, 7) is 6.11. The van der Waals surface area contributed by atoms with E-state index in [1.54, 1.807) is 0 Å². The highest BCUT2D eigenvalue weighted by Crippen LogP contribution is 2.21. The summed E-state index contributed by atoms with van der Waals surface area (Å²) in [5.74, 6) is 0.716. The SMILES string of the molecule is C=CCCCCCCCCCC(C)c1ccccc1. The van der Waals surface area contributed by atoms with Crippen molar-refractivity contribution in [3.63, 3.8) is 0 Å². The second-order valence-corrected chi connectivity index (χ2v) is 5.65. The van der Waals surface area contributed by atoms with E-state index in [-0.39, 0.29) is 0 Å². The van der Waals surface area contributed by atoms with Crippen LogP contribution >= 0.6 is 0 Å². The monoisotopic (exact) mass is 258 g/mol. The van der Waals surface area contributed by atoms with Crippen molar-refractivity contribution in [2.24, 2.45) is 0 Å². The van der Waals surface area contributed by atoms with Crippen molar-refractivity contribution in [1.82, 2.24) is 0 Å². The number of hydrogen-bond acceptors (Lipinski definition) is 0. The summed E-state index contributed by atoms with van der Waals surface area (Å²) >= 11 is 0. The van der Waals surface area contributed by atoms with Gasteiger partial charge in [0, 0.05) is 0 Å². The Bertz CT molecular complexity index is 312. The molecular formula is C19H30. The smallest absolute Gasteiger partial charge is 0.0190 e. The molecule has 0 radical (unpaired) electrons. The Balaban J connectivity index is 1.95. The Morgan fingerprint density at radius 3 is 2.11 bits per heavy atom. The van der Waals surface area contributed by atoms with Crippen LogP contribution in [0.15, 0.2) is 43.0 Å². The summed E-state index contributed by atoms with van der Waals surface area (Å²) in [4.78, 5) is 0. The van der Waals surface area contributed by atoms with E-state index in [2.05, 4.69) is 43.8 Å². The fourth-order valence-corrected chi connectivity index (χ4v) is 2.57. The van der Waals surface area contributed by atoms with Gasteiger partial charge < -0.3 is 0 Å². The first kappa shape index (κ1) is 16.0. The van der Waals surface area contributed by atoms with Crippen molar-refractivity contribution in [2.45, 2.75) is 70.6 Å². The minimum Gasteiger partial charge on any atom is -0.103 e. The molecule has 0 heteroatoms. The van der Waals surface area contributed by atoms with Crippen molar-refractivity contribution in [3.8, 4) is 0 Å². The van der Waals surface area contributed by atoms with E-state index in [0.29, 0.717) is 5.92 Å². The van der Waals surface area contributed by atoms with Gasteiger partial charge in [-0.1, -0.05) is 81.9 Å². The molecule has 0 heterocycles. The van der Waals surface area contributed by atoms with Gasteiger partial charge in [-0.25, -0.2) is 0 Å². The van der Waals surface area contributed by atoms with Crippen LogP contribution in [-0.2, 0) is 0 Å². The van der Waals surface area contributed by atoms with E-state index < -0.39 is 0 Å². The highest BCUT2D eigenvalue weighted by atomic mass is 14.1. The Morgan fingerprint density at radius 2 is 1.47 bits per heavy atom. The molecule has 19 heavy (non-hydrogen) atoms. The van der Waals surface area contributed by atoms with E-state index in [4.69, 9.17) is 0 Å². The number of rotatable bonds is 11. The van der Waals surface area contributed by atoms with Crippen molar-refractivity contribution < 1.29 is 0 Å². The topological polar surface area (TPSA) is 0 Å². The lowest BCUT2D eigenvalue weighted by molar-refractivity contribution is 0.546. The van der Waals surface area contributed by atoms with Gasteiger partial charge in [0.25, 0.3) is 0 Å². The number of allylic oxidation sites excluding steroid dienone is 1. The average molecular weight is 258 g/mol. The molecule has 106 valence electrons. The summed E-state index contributed by atoms with van der Waals surface area (Å²) in [6, 6.07) is 10.9. The number of hydrogen-bond donors (Lipinski definition) is 0. The third-order valence-electron chi connectivity index (χ3n) is 3.91. The van der Waals surface area contributed by atoms with Gasteiger partial charge in [-0.15, -0.1) is 6.58 Å². The van der Waals surface area contributed by atoms with Gasteiger partial charge >= 0.3 is 0 Å². The maximum absolute atomic E-state index is 3.76. The first-order valence-corrected chi connectivity index (χ1v) is 8.00. The molecule has 1 aromatic carbocycles. The quantitative estimate of drug-likeness (QED) is 0.314. The Hall–Kier alpha value is -1.04. The average Bonchev–Trinajstić information content (AvgIpc) is 2.46. The first-order chi connectivity index (χ1) is 9.34. The van der Waals surface area contributed by atoms with E-state index in [0.717, 1.165) is 0 Å². The Labute approximate surface area is 119 Å². The van der Waals surface area contributed by atoms with Gasteiger partial charge in [-0.2, -0.15) is 0 Å². The molecule has 0 aliphatic rings. The van der Waals surface area contributed by atoms with Crippen molar-refractivity contribution in [2.75, 3.05) is 0 Å². The Morgan fingerprint density at radius 1 is 0.895 bits per heavy atom. The minimum absolute atomic E-state index is 0.716. The van der Waals surface area contributed by atoms with Crippen LogP contribution in [0.2, 0.25) is 0 Å². The fraction of sp³-hybridized carbons (Fsp3) is 0.579. The summed E-state index contributed by atoms with van der Waals surface area (Å²) in [5, 5.41) is 0. The highest BCUT2D eigenvalue weighted by Gasteiger charge is 2.03. The van der Waals surface area contributed by atoms with Crippen LogP contribution < -0.4 is 0 Å². The van der Waals surface area contributed by atoms with Gasteiger partial charge in [0.05, 0.1) is 0 Å². The predicted octanol–water partition coefficient (Wildman–Crippen LogP) is 6.49. The molecule has 1 aromatic rings. The zero-order valence-electron chi connectivity index (χ0n) is 12.6. The van der Waals surface area contributed by atoms with Gasteiger partial charge in [-0.3, -0.25) is 0 Å². The van der Waals surface area contributed by atoms with Gasteiger partial charge in [0.1, 0.15) is 0 Å². The lowest BCUT2D eigenvalue weighted by atomic mass is 9.95. The van der Waals surface area contributed by atoms with Gasteiger partial charge in [0.2, 0.25) is 0 Å². The standard InChI is InChI=1S/C19H30/c1-3-4-5-6-7-8-9-10-12-15-18(2)19-16-13-11-14-17-19/h3,11,13-14,16-18H,1,4-10,12,15H2,2H3. The molecule has 1 atom stereocenters. The van der Waals surface area contributed by atoms with Crippen LogP contribution in [0.1, 0.15) is 76.2 Å². The maximum Gasteiger partial charge on any atom is -0.0190 e. The predicted molar refractivity (Wildman–Crippen MR) is 86.6 cm³/mol. The van der Waals surface area contributed by atoms with E-state index >= 15 is 0 Å². The summed E-state index contributed by atoms with van der Waals surface area (Å²) in [7, 11) is 0. The second kappa shape index (κ2) is 10.8.